The van der Waals surface area contributed by atoms with E-state index in [1.165, 1.54) is 12.3 Å². The number of carbonyl (C=O) groups is 1. The third kappa shape index (κ3) is 5.37. The van der Waals surface area contributed by atoms with Crippen LogP contribution in [0.1, 0.15) is 40.0 Å². The molecule has 2 rings (SSSR count). The molecule has 0 aliphatic rings. The normalized spacial score (nSPS) is 12.3. The van der Waals surface area contributed by atoms with E-state index in [2.05, 4.69) is 24.3 Å². The van der Waals surface area contributed by atoms with Crippen LogP contribution in [-0.4, -0.2) is 21.7 Å². The maximum Gasteiger partial charge on any atom is 0.267 e. The minimum absolute atomic E-state index is 0.0835. The average Bonchev–Trinajstić information content (AvgIpc) is 3.03. The van der Waals surface area contributed by atoms with E-state index in [4.69, 9.17) is 4.42 Å². The average molecular weight is 331 g/mol. The molecular weight excluding hydrogens is 306 g/mol. The summed E-state index contributed by atoms with van der Waals surface area (Å²) in [6, 6.07) is 6.57. The highest BCUT2D eigenvalue weighted by atomic mass is 16.3. The molecule has 6 heteroatoms. The van der Waals surface area contributed by atoms with Crippen LogP contribution >= 0.6 is 0 Å². The van der Waals surface area contributed by atoms with Gasteiger partial charge in [0.1, 0.15) is 12.2 Å². The van der Waals surface area contributed by atoms with Gasteiger partial charge in [-0.25, -0.2) is 4.68 Å². The van der Waals surface area contributed by atoms with Crippen molar-refractivity contribution in [3.05, 3.63) is 40.9 Å². The summed E-state index contributed by atoms with van der Waals surface area (Å²) in [5, 5.41) is 7.12. The van der Waals surface area contributed by atoms with E-state index in [0.717, 1.165) is 23.9 Å². The van der Waals surface area contributed by atoms with Crippen LogP contribution in [0.15, 0.2) is 39.7 Å². The Morgan fingerprint density at radius 1 is 1.25 bits per heavy atom. The minimum Gasteiger partial charge on any atom is -0.463 e. The zero-order valence-electron chi connectivity index (χ0n) is 14.5. The molecular formula is C18H25N3O3. The first-order valence-corrected chi connectivity index (χ1v) is 8.37. The number of hydrogen-bond donors (Lipinski definition) is 1. The van der Waals surface area contributed by atoms with Crippen molar-refractivity contribution in [2.45, 2.75) is 52.6 Å². The van der Waals surface area contributed by atoms with Crippen molar-refractivity contribution in [2.24, 2.45) is 5.92 Å². The first-order valence-electron chi connectivity index (χ1n) is 8.37. The molecule has 1 N–H and O–H groups in total. The van der Waals surface area contributed by atoms with E-state index in [1.54, 1.807) is 18.2 Å². The van der Waals surface area contributed by atoms with Crippen molar-refractivity contribution >= 4 is 5.91 Å². The van der Waals surface area contributed by atoms with Crippen molar-refractivity contribution in [3.8, 4) is 11.5 Å². The van der Waals surface area contributed by atoms with Crippen molar-refractivity contribution < 1.29 is 9.21 Å². The van der Waals surface area contributed by atoms with Crippen LogP contribution in [0, 0.1) is 5.92 Å². The lowest BCUT2D eigenvalue weighted by Gasteiger charge is -2.15. The molecule has 0 bridgehead atoms. The van der Waals surface area contributed by atoms with Crippen LogP contribution in [0.2, 0.25) is 0 Å². The van der Waals surface area contributed by atoms with Crippen LogP contribution in [-0.2, 0) is 11.3 Å². The number of nitrogens with one attached hydrogen (secondary N) is 1. The minimum atomic E-state index is -0.312. The Balaban J connectivity index is 1.94. The molecule has 0 aliphatic carbocycles. The second-order valence-electron chi connectivity index (χ2n) is 6.49. The molecule has 6 nitrogen and oxygen atoms in total. The highest BCUT2D eigenvalue weighted by molar-refractivity contribution is 5.75. The smallest absolute Gasteiger partial charge is 0.267 e. The molecule has 2 aromatic rings. The Kier molecular flexibility index (Phi) is 6.35. The largest absolute Gasteiger partial charge is 0.463 e. The molecule has 1 unspecified atom stereocenters. The fourth-order valence-electron chi connectivity index (χ4n) is 2.48. The summed E-state index contributed by atoms with van der Waals surface area (Å²) in [7, 11) is 0. The predicted octanol–water partition coefficient (Wildman–Crippen LogP) is 2.83. The molecule has 24 heavy (non-hydrogen) atoms. The van der Waals surface area contributed by atoms with Gasteiger partial charge in [-0.3, -0.25) is 9.59 Å². The topological polar surface area (TPSA) is 77.1 Å². The fourth-order valence-corrected chi connectivity index (χ4v) is 2.48. The van der Waals surface area contributed by atoms with Crippen LogP contribution in [0.5, 0.6) is 0 Å². The Hall–Kier alpha value is -2.37. The van der Waals surface area contributed by atoms with Crippen LogP contribution in [0.3, 0.4) is 0 Å². The summed E-state index contributed by atoms with van der Waals surface area (Å²) in [4.78, 5) is 24.0. The lowest BCUT2D eigenvalue weighted by Crippen LogP contribution is -2.38. The number of carbonyl (C=O) groups excluding carboxylic acids is 1. The van der Waals surface area contributed by atoms with Gasteiger partial charge in [-0.15, -0.1) is 0 Å². The van der Waals surface area contributed by atoms with Crippen LogP contribution in [0.4, 0.5) is 0 Å². The maximum absolute atomic E-state index is 12.1. The van der Waals surface area contributed by atoms with E-state index in [-0.39, 0.29) is 24.1 Å². The molecule has 0 aliphatic heterocycles. The molecule has 0 fully saturated rings. The molecule has 2 heterocycles. The van der Waals surface area contributed by atoms with Crippen molar-refractivity contribution in [2.75, 3.05) is 0 Å². The van der Waals surface area contributed by atoms with Gasteiger partial charge in [0.05, 0.1) is 6.26 Å². The summed E-state index contributed by atoms with van der Waals surface area (Å²) < 4.78 is 6.43. The fraction of sp³-hybridized carbons (Fsp3) is 0.500. The molecule has 0 saturated heterocycles. The lowest BCUT2D eigenvalue weighted by molar-refractivity contribution is -0.122. The second-order valence-corrected chi connectivity index (χ2v) is 6.49. The molecule has 0 aromatic carbocycles. The number of amides is 1. The quantitative estimate of drug-likeness (QED) is 0.807. The highest BCUT2D eigenvalue weighted by Crippen LogP contribution is 2.15. The van der Waals surface area contributed by atoms with E-state index < -0.39 is 0 Å². The Morgan fingerprint density at radius 3 is 2.71 bits per heavy atom. The first kappa shape index (κ1) is 18.0. The summed E-state index contributed by atoms with van der Waals surface area (Å²) in [6.45, 7) is 6.26. The van der Waals surface area contributed by atoms with Gasteiger partial charge in [-0.1, -0.05) is 26.7 Å². The number of nitrogens with zero attached hydrogens (tertiary/aromatic N) is 2. The Morgan fingerprint density at radius 2 is 2.04 bits per heavy atom. The monoisotopic (exact) mass is 331 g/mol. The van der Waals surface area contributed by atoms with Gasteiger partial charge in [0.2, 0.25) is 5.91 Å². The van der Waals surface area contributed by atoms with Crippen molar-refractivity contribution in [1.29, 1.82) is 0 Å². The summed E-state index contributed by atoms with van der Waals surface area (Å²) in [6.07, 6.45) is 4.69. The Labute approximate surface area is 141 Å². The maximum atomic E-state index is 12.1. The standard InChI is InChI=1S/C18H25N3O3/c1-13(2)6-4-7-14(3)19-17(22)12-21-18(23)10-9-15(20-21)16-8-5-11-24-16/h5,8-11,13-14H,4,6-7,12H2,1-3H3,(H,19,22). The summed E-state index contributed by atoms with van der Waals surface area (Å²) in [5.41, 5.74) is 0.213. The molecule has 130 valence electrons. The molecule has 1 amide bonds. The number of rotatable bonds is 8. The summed E-state index contributed by atoms with van der Waals surface area (Å²) in [5.74, 6) is 1.02. The molecule has 1 atom stereocenters. The zero-order valence-corrected chi connectivity index (χ0v) is 14.5. The summed E-state index contributed by atoms with van der Waals surface area (Å²) >= 11 is 0. The van der Waals surface area contributed by atoms with Gasteiger partial charge in [-0.05, 0) is 37.5 Å². The first-order chi connectivity index (χ1) is 11.5. The van der Waals surface area contributed by atoms with Crippen molar-refractivity contribution in [3.63, 3.8) is 0 Å². The van der Waals surface area contributed by atoms with Gasteiger partial charge in [-0.2, -0.15) is 5.10 Å². The van der Waals surface area contributed by atoms with Gasteiger partial charge < -0.3 is 9.73 Å². The zero-order chi connectivity index (χ0) is 17.5. The van der Waals surface area contributed by atoms with Gasteiger partial charge in [0.15, 0.2) is 5.76 Å². The number of hydrogen-bond acceptors (Lipinski definition) is 4. The third-order valence-corrected chi connectivity index (χ3v) is 3.76. The lowest BCUT2D eigenvalue weighted by atomic mass is 10.0. The van der Waals surface area contributed by atoms with E-state index in [1.807, 2.05) is 6.92 Å². The molecule has 0 spiro atoms. The van der Waals surface area contributed by atoms with Gasteiger partial charge in [0, 0.05) is 12.1 Å². The van der Waals surface area contributed by atoms with E-state index >= 15 is 0 Å². The van der Waals surface area contributed by atoms with E-state index in [9.17, 15) is 9.59 Å². The van der Waals surface area contributed by atoms with Gasteiger partial charge in [0.25, 0.3) is 5.56 Å². The highest BCUT2D eigenvalue weighted by Gasteiger charge is 2.11. The molecule has 0 saturated carbocycles. The predicted molar refractivity (Wildman–Crippen MR) is 92.5 cm³/mol. The SMILES string of the molecule is CC(C)CCCC(C)NC(=O)Cn1nc(-c2ccco2)ccc1=O. The van der Waals surface area contributed by atoms with E-state index in [0.29, 0.717) is 17.4 Å². The second kappa shape index (κ2) is 8.47. The third-order valence-electron chi connectivity index (χ3n) is 3.76. The Bertz CT molecular complexity index is 705. The van der Waals surface area contributed by atoms with Gasteiger partial charge >= 0.3 is 0 Å². The van der Waals surface area contributed by atoms with Crippen LogP contribution in [0.25, 0.3) is 11.5 Å². The number of aromatic nitrogens is 2. The van der Waals surface area contributed by atoms with Crippen molar-refractivity contribution in [1.82, 2.24) is 15.1 Å². The number of furan rings is 1. The molecule has 0 radical (unpaired) electrons. The molecule has 2 aromatic heterocycles. The van der Waals surface area contributed by atoms with Crippen LogP contribution < -0.4 is 10.9 Å².